The van der Waals surface area contributed by atoms with Crippen LogP contribution in [0.4, 0.5) is 13.2 Å². The summed E-state index contributed by atoms with van der Waals surface area (Å²) in [7, 11) is 0. The maximum atomic E-state index is 12.7. The fraction of sp³-hybridized carbons (Fsp3) is 0.462. The standard InChI is InChI=1S/C13H16F3NOS/c1-7-4-8(2)11(9(3)5-7)18-6-10(12(17)19)13(14,15)16/h4-5,10H,6H2,1-3H3,(H2,17,19). The first-order valence-electron chi connectivity index (χ1n) is 5.69. The van der Waals surface area contributed by atoms with Crippen molar-refractivity contribution in [3.63, 3.8) is 0 Å². The lowest BCUT2D eigenvalue weighted by Gasteiger charge is -2.21. The third kappa shape index (κ3) is 4.09. The van der Waals surface area contributed by atoms with Crippen LogP contribution < -0.4 is 10.5 Å². The molecule has 1 rings (SSSR count). The van der Waals surface area contributed by atoms with Gasteiger partial charge in [0.2, 0.25) is 0 Å². The highest BCUT2D eigenvalue weighted by molar-refractivity contribution is 7.80. The summed E-state index contributed by atoms with van der Waals surface area (Å²) in [6.45, 7) is 4.90. The average Bonchev–Trinajstić information content (AvgIpc) is 2.18. The zero-order valence-electron chi connectivity index (χ0n) is 11.0. The predicted octanol–water partition coefficient (Wildman–Crippen LogP) is 3.46. The molecule has 1 aromatic carbocycles. The first kappa shape index (κ1) is 15.8. The summed E-state index contributed by atoms with van der Waals surface area (Å²) in [6.07, 6.45) is -4.49. The normalized spacial score (nSPS) is 13.2. The number of alkyl halides is 3. The van der Waals surface area contributed by atoms with Crippen LogP contribution in [-0.4, -0.2) is 17.8 Å². The number of nitrogens with two attached hydrogens (primary N) is 1. The fourth-order valence-electron chi connectivity index (χ4n) is 1.90. The van der Waals surface area contributed by atoms with Crippen molar-refractivity contribution in [1.29, 1.82) is 0 Å². The van der Waals surface area contributed by atoms with E-state index >= 15 is 0 Å². The Morgan fingerprint density at radius 2 is 1.74 bits per heavy atom. The van der Waals surface area contributed by atoms with Crippen molar-refractivity contribution in [1.82, 2.24) is 0 Å². The Morgan fingerprint density at radius 3 is 2.11 bits per heavy atom. The molecule has 0 saturated carbocycles. The van der Waals surface area contributed by atoms with Gasteiger partial charge in [-0.15, -0.1) is 0 Å². The lowest BCUT2D eigenvalue weighted by atomic mass is 10.1. The lowest BCUT2D eigenvalue weighted by Crippen LogP contribution is -2.38. The van der Waals surface area contributed by atoms with Gasteiger partial charge >= 0.3 is 6.18 Å². The summed E-state index contributed by atoms with van der Waals surface area (Å²) in [5, 5.41) is 0. The molecule has 0 aliphatic rings. The second-order valence-corrected chi connectivity index (χ2v) is 5.01. The molecule has 2 nitrogen and oxygen atoms in total. The Balaban J connectivity index is 2.90. The average molecular weight is 291 g/mol. The van der Waals surface area contributed by atoms with Crippen molar-refractivity contribution in [2.24, 2.45) is 11.7 Å². The number of hydrogen-bond acceptors (Lipinski definition) is 2. The van der Waals surface area contributed by atoms with E-state index < -0.39 is 23.7 Å². The molecule has 0 saturated heterocycles. The highest BCUT2D eigenvalue weighted by Crippen LogP contribution is 2.30. The molecule has 0 fully saturated rings. The Hall–Kier alpha value is -1.30. The lowest BCUT2D eigenvalue weighted by molar-refractivity contribution is -0.161. The van der Waals surface area contributed by atoms with Crippen molar-refractivity contribution in [3.05, 3.63) is 28.8 Å². The van der Waals surface area contributed by atoms with Gasteiger partial charge in [0.25, 0.3) is 0 Å². The smallest absolute Gasteiger partial charge is 0.401 e. The maximum Gasteiger partial charge on any atom is 0.401 e. The molecule has 2 N–H and O–H groups in total. The molecule has 0 radical (unpaired) electrons. The van der Waals surface area contributed by atoms with E-state index in [1.165, 1.54) is 0 Å². The Kier molecular flexibility index (Phi) is 4.79. The molecular weight excluding hydrogens is 275 g/mol. The molecular formula is C13H16F3NOS. The molecule has 1 unspecified atom stereocenters. The molecule has 0 aromatic heterocycles. The van der Waals surface area contributed by atoms with Crippen LogP contribution in [0.2, 0.25) is 0 Å². The van der Waals surface area contributed by atoms with E-state index in [1.807, 2.05) is 19.1 Å². The third-order valence-corrected chi connectivity index (χ3v) is 3.02. The van der Waals surface area contributed by atoms with Gasteiger partial charge in [0.15, 0.2) is 0 Å². The van der Waals surface area contributed by atoms with E-state index in [2.05, 4.69) is 12.2 Å². The van der Waals surface area contributed by atoms with Gasteiger partial charge in [-0.05, 0) is 31.9 Å². The number of aryl methyl sites for hydroxylation is 3. The summed E-state index contributed by atoms with van der Waals surface area (Å²) in [4.78, 5) is -0.602. The van der Waals surface area contributed by atoms with Gasteiger partial charge in [-0.25, -0.2) is 0 Å². The molecule has 0 bridgehead atoms. The number of halogens is 3. The van der Waals surface area contributed by atoms with Crippen LogP contribution in [0.25, 0.3) is 0 Å². The van der Waals surface area contributed by atoms with E-state index in [9.17, 15) is 13.2 Å². The SMILES string of the molecule is Cc1cc(C)c(OCC(C(N)=S)C(F)(F)F)c(C)c1. The number of benzene rings is 1. The monoisotopic (exact) mass is 291 g/mol. The fourth-order valence-corrected chi connectivity index (χ4v) is 2.10. The molecule has 19 heavy (non-hydrogen) atoms. The highest BCUT2D eigenvalue weighted by Gasteiger charge is 2.42. The molecule has 0 aliphatic carbocycles. The highest BCUT2D eigenvalue weighted by atomic mass is 32.1. The molecule has 106 valence electrons. The second kappa shape index (κ2) is 5.77. The Labute approximate surface area is 115 Å². The quantitative estimate of drug-likeness (QED) is 0.863. The number of rotatable bonds is 4. The summed E-state index contributed by atoms with van der Waals surface area (Å²) in [6, 6.07) is 3.71. The predicted molar refractivity (Wildman–Crippen MR) is 72.5 cm³/mol. The van der Waals surface area contributed by atoms with E-state index in [0.717, 1.165) is 16.7 Å². The van der Waals surface area contributed by atoms with E-state index in [1.54, 1.807) is 13.8 Å². The molecule has 0 amide bonds. The van der Waals surface area contributed by atoms with E-state index in [-0.39, 0.29) is 0 Å². The topological polar surface area (TPSA) is 35.2 Å². The van der Waals surface area contributed by atoms with Crippen LogP contribution in [0.3, 0.4) is 0 Å². The van der Waals surface area contributed by atoms with Crippen LogP contribution in [0, 0.1) is 26.7 Å². The van der Waals surface area contributed by atoms with Crippen molar-refractivity contribution < 1.29 is 17.9 Å². The number of thiocarbonyl (C=S) groups is 1. The molecule has 1 aromatic rings. The minimum Gasteiger partial charge on any atom is -0.492 e. The van der Waals surface area contributed by atoms with Crippen LogP contribution in [0.15, 0.2) is 12.1 Å². The maximum absolute atomic E-state index is 12.7. The molecule has 0 spiro atoms. The van der Waals surface area contributed by atoms with Crippen LogP contribution in [0.1, 0.15) is 16.7 Å². The molecule has 1 atom stereocenters. The summed E-state index contributed by atoms with van der Waals surface area (Å²) < 4.78 is 43.4. The first-order valence-corrected chi connectivity index (χ1v) is 6.10. The Bertz CT molecular complexity index is 462. The zero-order chi connectivity index (χ0) is 14.8. The van der Waals surface area contributed by atoms with Crippen LogP contribution in [0.5, 0.6) is 5.75 Å². The minimum atomic E-state index is -4.49. The van der Waals surface area contributed by atoms with Gasteiger partial charge < -0.3 is 10.5 Å². The van der Waals surface area contributed by atoms with Crippen molar-refractivity contribution in [2.75, 3.05) is 6.61 Å². The van der Waals surface area contributed by atoms with Crippen molar-refractivity contribution in [2.45, 2.75) is 26.9 Å². The second-order valence-electron chi connectivity index (χ2n) is 4.54. The molecule has 0 heterocycles. The van der Waals surface area contributed by atoms with Crippen molar-refractivity contribution >= 4 is 17.2 Å². The number of ether oxygens (including phenoxy) is 1. The van der Waals surface area contributed by atoms with Gasteiger partial charge in [0.05, 0.1) is 4.99 Å². The van der Waals surface area contributed by atoms with Gasteiger partial charge in [0, 0.05) is 0 Å². The zero-order valence-corrected chi connectivity index (χ0v) is 11.8. The largest absolute Gasteiger partial charge is 0.492 e. The molecule has 0 aliphatic heterocycles. The Morgan fingerprint density at radius 1 is 1.26 bits per heavy atom. The minimum absolute atomic E-state index is 0.455. The van der Waals surface area contributed by atoms with Gasteiger partial charge in [-0.3, -0.25) is 0 Å². The first-order chi connectivity index (χ1) is 8.62. The van der Waals surface area contributed by atoms with E-state index in [4.69, 9.17) is 10.5 Å². The number of hydrogen-bond donors (Lipinski definition) is 1. The third-order valence-electron chi connectivity index (χ3n) is 2.74. The molecule has 6 heteroatoms. The van der Waals surface area contributed by atoms with Crippen LogP contribution >= 0.6 is 12.2 Å². The van der Waals surface area contributed by atoms with Crippen LogP contribution in [-0.2, 0) is 0 Å². The summed E-state index contributed by atoms with van der Waals surface area (Å²) >= 11 is 4.44. The summed E-state index contributed by atoms with van der Waals surface area (Å²) in [5.74, 6) is -1.47. The summed E-state index contributed by atoms with van der Waals surface area (Å²) in [5.41, 5.74) is 7.74. The van der Waals surface area contributed by atoms with Gasteiger partial charge in [-0.1, -0.05) is 29.9 Å². The van der Waals surface area contributed by atoms with Crippen molar-refractivity contribution in [3.8, 4) is 5.75 Å². The van der Waals surface area contributed by atoms with E-state index in [0.29, 0.717) is 5.75 Å². The van der Waals surface area contributed by atoms with Gasteiger partial charge in [-0.2, -0.15) is 13.2 Å². The van der Waals surface area contributed by atoms with Gasteiger partial charge in [0.1, 0.15) is 18.3 Å².